The monoisotopic (exact) mass is 471 g/mol. The second-order valence-corrected chi connectivity index (χ2v) is 8.99. The molecule has 2 aromatic carbocycles. The van der Waals surface area contributed by atoms with Crippen LogP contribution in [0.1, 0.15) is 17.5 Å². The summed E-state index contributed by atoms with van der Waals surface area (Å²) < 4.78 is 7.55. The van der Waals surface area contributed by atoms with Crippen LogP contribution in [-0.4, -0.2) is 52.7 Å². The average Bonchev–Trinajstić information content (AvgIpc) is 3.23. The number of nitrogens with zero attached hydrogens (tertiary/aromatic N) is 4. The Hall–Kier alpha value is -2.55. The van der Waals surface area contributed by atoms with Crippen LogP contribution in [0.3, 0.4) is 0 Å². The number of aryl methyl sites for hydroxylation is 1. The third-order valence-electron chi connectivity index (χ3n) is 5.20. The Labute approximate surface area is 197 Å². The van der Waals surface area contributed by atoms with Crippen molar-refractivity contribution in [2.45, 2.75) is 25.0 Å². The molecule has 3 aromatic rings. The third-order valence-corrected chi connectivity index (χ3v) is 6.50. The molecule has 0 aliphatic carbocycles. The number of carbonyl (C=O) groups is 1. The summed E-state index contributed by atoms with van der Waals surface area (Å²) in [4.78, 5) is 14.5. The topological polar surface area (TPSA) is 72.3 Å². The first-order valence-corrected chi connectivity index (χ1v) is 12.0. The minimum absolute atomic E-state index is 0.0211. The second-order valence-electron chi connectivity index (χ2n) is 7.52. The molecule has 0 spiro atoms. The lowest BCUT2D eigenvalue weighted by Crippen LogP contribution is -2.37. The van der Waals surface area contributed by atoms with E-state index in [1.54, 1.807) is 0 Å². The van der Waals surface area contributed by atoms with Gasteiger partial charge in [-0.15, -0.1) is 10.2 Å². The maximum atomic E-state index is 12.3. The van der Waals surface area contributed by atoms with Crippen molar-refractivity contribution in [2.24, 2.45) is 0 Å². The van der Waals surface area contributed by atoms with E-state index in [9.17, 15) is 4.79 Å². The number of anilines is 1. The Morgan fingerprint density at radius 2 is 1.88 bits per heavy atom. The molecule has 168 valence electrons. The van der Waals surface area contributed by atoms with Crippen molar-refractivity contribution in [2.75, 3.05) is 37.0 Å². The van der Waals surface area contributed by atoms with Gasteiger partial charge in [-0.25, -0.2) is 0 Å². The van der Waals surface area contributed by atoms with E-state index in [-0.39, 0.29) is 5.91 Å². The largest absolute Gasteiger partial charge is 0.378 e. The number of ether oxygens (including phenoxy) is 1. The van der Waals surface area contributed by atoms with E-state index < -0.39 is 0 Å². The first-order chi connectivity index (χ1) is 15.6. The van der Waals surface area contributed by atoms with E-state index in [4.69, 9.17) is 16.3 Å². The molecule has 1 aromatic heterocycles. The number of hydrogen-bond acceptors (Lipinski definition) is 6. The molecular formula is C23H26ClN5O2S. The number of amides is 1. The number of carbonyl (C=O) groups excluding carboxylic acids is 1. The zero-order chi connectivity index (χ0) is 22.3. The van der Waals surface area contributed by atoms with Crippen LogP contribution in [-0.2, 0) is 16.1 Å². The van der Waals surface area contributed by atoms with Crippen molar-refractivity contribution >= 4 is 35.2 Å². The summed E-state index contributed by atoms with van der Waals surface area (Å²) in [6, 6.07) is 15.8. The summed E-state index contributed by atoms with van der Waals surface area (Å²) in [7, 11) is 0. The molecule has 0 radical (unpaired) electrons. The van der Waals surface area contributed by atoms with Gasteiger partial charge < -0.3 is 15.0 Å². The van der Waals surface area contributed by atoms with Gasteiger partial charge >= 0.3 is 0 Å². The third kappa shape index (κ3) is 5.62. The van der Waals surface area contributed by atoms with Gasteiger partial charge in [-0.2, -0.15) is 0 Å². The Bertz CT molecular complexity index is 1050. The SMILES string of the molecule is Cc1ccc(-n2c(SCCC(=O)NCc3ccccc3Cl)nnc2N2CCOCC2)cc1. The van der Waals surface area contributed by atoms with Gasteiger partial charge in [0.05, 0.1) is 18.9 Å². The molecule has 2 heterocycles. The standard InChI is InChI=1S/C23H26ClN5O2S/c1-17-6-8-19(9-7-17)29-22(28-11-13-31-14-12-28)26-27-23(29)32-15-10-21(30)25-16-18-4-2-3-5-20(18)24/h2-9H,10-16H2,1H3,(H,25,30). The molecule has 1 aliphatic rings. The normalized spacial score (nSPS) is 13.9. The number of rotatable bonds is 8. The fraction of sp³-hybridized carbons (Fsp3) is 0.348. The summed E-state index contributed by atoms with van der Waals surface area (Å²) in [6.07, 6.45) is 0.378. The molecule has 0 unspecified atom stereocenters. The van der Waals surface area contributed by atoms with Gasteiger partial charge in [0, 0.05) is 36.8 Å². The maximum Gasteiger partial charge on any atom is 0.232 e. The molecule has 32 heavy (non-hydrogen) atoms. The Balaban J connectivity index is 1.41. The van der Waals surface area contributed by atoms with E-state index in [0.717, 1.165) is 35.4 Å². The highest BCUT2D eigenvalue weighted by Crippen LogP contribution is 2.27. The minimum atomic E-state index is -0.0211. The van der Waals surface area contributed by atoms with Gasteiger partial charge in [-0.1, -0.05) is 59.3 Å². The molecule has 1 aliphatic heterocycles. The predicted octanol–water partition coefficient (Wildman–Crippen LogP) is 3.86. The van der Waals surface area contributed by atoms with Gasteiger partial charge in [0.2, 0.25) is 11.9 Å². The van der Waals surface area contributed by atoms with Crippen molar-refractivity contribution in [3.05, 3.63) is 64.7 Å². The average molecular weight is 472 g/mol. The van der Waals surface area contributed by atoms with Crippen LogP contribution in [0.5, 0.6) is 0 Å². The summed E-state index contributed by atoms with van der Waals surface area (Å²) in [5, 5.41) is 13.3. The maximum absolute atomic E-state index is 12.3. The molecule has 0 saturated carbocycles. The van der Waals surface area contributed by atoms with E-state index in [1.807, 2.05) is 24.3 Å². The highest BCUT2D eigenvalue weighted by Gasteiger charge is 2.22. The zero-order valence-corrected chi connectivity index (χ0v) is 19.5. The fourth-order valence-corrected chi connectivity index (χ4v) is 4.49. The van der Waals surface area contributed by atoms with Crippen LogP contribution in [0.25, 0.3) is 5.69 Å². The number of benzene rings is 2. The first kappa shape index (κ1) is 22.6. The lowest BCUT2D eigenvalue weighted by atomic mass is 10.2. The van der Waals surface area contributed by atoms with Gasteiger partial charge in [0.15, 0.2) is 5.16 Å². The van der Waals surface area contributed by atoms with Crippen LogP contribution >= 0.6 is 23.4 Å². The number of hydrogen-bond donors (Lipinski definition) is 1. The van der Waals surface area contributed by atoms with Crippen molar-refractivity contribution in [3.63, 3.8) is 0 Å². The van der Waals surface area contributed by atoms with Gasteiger partial charge in [-0.05, 0) is 30.7 Å². The number of halogens is 1. The summed E-state index contributed by atoms with van der Waals surface area (Å²) in [5.41, 5.74) is 3.11. The fourth-order valence-electron chi connectivity index (χ4n) is 3.40. The Morgan fingerprint density at radius 3 is 2.62 bits per heavy atom. The van der Waals surface area contributed by atoms with Gasteiger partial charge in [0.1, 0.15) is 0 Å². The first-order valence-electron chi connectivity index (χ1n) is 10.6. The molecule has 7 nitrogen and oxygen atoms in total. The van der Waals surface area contributed by atoms with E-state index in [2.05, 4.69) is 56.2 Å². The second kappa shape index (κ2) is 10.8. The van der Waals surface area contributed by atoms with Gasteiger partial charge in [0.25, 0.3) is 0 Å². The van der Waals surface area contributed by atoms with Crippen LogP contribution in [0, 0.1) is 6.92 Å². The van der Waals surface area contributed by atoms with Crippen molar-refractivity contribution < 1.29 is 9.53 Å². The lowest BCUT2D eigenvalue weighted by molar-refractivity contribution is -0.120. The molecule has 1 N–H and O–H groups in total. The number of aromatic nitrogens is 3. The number of nitrogens with one attached hydrogen (secondary N) is 1. The quantitative estimate of drug-likeness (QED) is 0.503. The Kier molecular flexibility index (Phi) is 7.68. The number of morpholine rings is 1. The van der Waals surface area contributed by atoms with Crippen molar-refractivity contribution in [3.8, 4) is 5.69 Å². The Morgan fingerprint density at radius 1 is 1.12 bits per heavy atom. The molecule has 0 atom stereocenters. The van der Waals surface area contributed by atoms with Crippen LogP contribution in [0.4, 0.5) is 5.95 Å². The summed E-state index contributed by atoms with van der Waals surface area (Å²) in [5.74, 6) is 1.39. The van der Waals surface area contributed by atoms with Crippen LogP contribution in [0.2, 0.25) is 5.02 Å². The molecule has 4 rings (SSSR count). The molecule has 1 fully saturated rings. The van der Waals surface area contributed by atoms with Crippen molar-refractivity contribution in [1.29, 1.82) is 0 Å². The van der Waals surface area contributed by atoms with E-state index in [1.165, 1.54) is 17.3 Å². The molecule has 9 heteroatoms. The molecular weight excluding hydrogens is 446 g/mol. The highest BCUT2D eigenvalue weighted by molar-refractivity contribution is 7.99. The summed E-state index contributed by atoms with van der Waals surface area (Å²) in [6.45, 7) is 5.39. The summed E-state index contributed by atoms with van der Waals surface area (Å²) >= 11 is 7.69. The predicted molar refractivity (Wildman–Crippen MR) is 128 cm³/mol. The van der Waals surface area contributed by atoms with Gasteiger partial charge in [-0.3, -0.25) is 9.36 Å². The number of thioether (sulfide) groups is 1. The van der Waals surface area contributed by atoms with E-state index in [0.29, 0.717) is 37.0 Å². The van der Waals surface area contributed by atoms with Crippen molar-refractivity contribution in [1.82, 2.24) is 20.1 Å². The highest BCUT2D eigenvalue weighted by atomic mass is 35.5. The molecule has 1 saturated heterocycles. The molecule has 0 bridgehead atoms. The lowest BCUT2D eigenvalue weighted by Gasteiger charge is -2.28. The smallest absolute Gasteiger partial charge is 0.232 e. The van der Waals surface area contributed by atoms with Crippen LogP contribution < -0.4 is 10.2 Å². The van der Waals surface area contributed by atoms with E-state index >= 15 is 0 Å². The zero-order valence-electron chi connectivity index (χ0n) is 18.0. The molecule has 1 amide bonds. The van der Waals surface area contributed by atoms with Crippen LogP contribution in [0.15, 0.2) is 53.7 Å². The minimum Gasteiger partial charge on any atom is -0.378 e.